The van der Waals surface area contributed by atoms with Crippen molar-refractivity contribution in [3.63, 3.8) is 0 Å². The number of anilines is 1. The van der Waals surface area contributed by atoms with E-state index in [0.717, 1.165) is 0 Å². The van der Waals surface area contributed by atoms with Crippen molar-refractivity contribution >= 4 is 44.0 Å². The second-order valence-electron chi connectivity index (χ2n) is 5.14. The minimum atomic E-state index is -3.86. The van der Waals surface area contributed by atoms with Gasteiger partial charge >= 0.3 is 0 Å². The highest BCUT2D eigenvalue weighted by molar-refractivity contribution is 7.93. The van der Waals surface area contributed by atoms with Crippen molar-refractivity contribution in [2.45, 2.75) is 4.90 Å². The van der Waals surface area contributed by atoms with E-state index in [1.54, 1.807) is 42.5 Å². The molecule has 5 nitrogen and oxygen atoms in total. The second kappa shape index (κ2) is 6.14. The molecule has 3 N–H and O–H groups in total. The van der Waals surface area contributed by atoms with Crippen LogP contribution in [0.1, 0.15) is 10.4 Å². The van der Waals surface area contributed by atoms with Gasteiger partial charge in [0.05, 0.1) is 4.90 Å². The summed E-state index contributed by atoms with van der Waals surface area (Å²) in [6.45, 7) is 0. The lowest BCUT2D eigenvalue weighted by Crippen LogP contribution is -2.15. The van der Waals surface area contributed by atoms with Crippen LogP contribution < -0.4 is 10.5 Å². The summed E-state index contributed by atoms with van der Waals surface area (Å²) in [5, 5.41) is 1.64. The maximum atomic E-state index is 12.7. The van der Waals surface area contributed by atoms with Crippen molar-refractivity contribution in [3.8, 4) is 0 Å². The largest absolute Gasteiger partial charge is 0.366 e. The molecule has 0 fully saturated rings. The zero-order valence-electron chi connectivity index (χ0n) is 12.4. The maximum absolute atomic E-state index is 12.7. The third-order valence-electron chi connectivity index (χ3n) is 3.52. The fourth-order valence-electron chi connectivity index (χ4n) is 2.42. The van der Waals surface area contributed by atoms with Gasteiger partial charge in [-0.3, -0.25) is 9.52 Å². The van der Waals surface area contributed by atoms with E-state index >= 15 is 0 Å². The zero-order chi connectivity index (χ0) is 17.3. The number of primary amides is 1. The number of sulfonamides is 1. The third-order valence-corrected chi connectivity index (χ3v) is 5.29. The molecule has 0 spiro atoms. The Labute approximate surface area is 144 Å². The lowest BCUT2D eigenvalue weighted by Gasteiger charge is -2.11. The summed E-state index contributed by atoms with van der Waals surface area (Å²) in [4.78, 5) is 11.3. The highest BCUT2D eigenvalue weighted by Gasteiger charge is 2.18. The first-order valence-corrected chi connectivity index (χ1v) is 8.84. The highest BCUT2D eigenvalue weighted by Crippen LogP contribution is 2.29. The maximum Gasteiger partial charge on any atom is 0.262 e. The molecule has 0 aliphatic rings. The Balaban J connectivity index is 2.08. The molecular weight excluding hydrogens is 348 g/mol. The lowest BCUT2D eigenvalue weighted by molar-refractivity contribution is 0.100. The molecule has 0 heterocycles. The monoisotopic (exact) mass is 360 g/mol. The fourth-order valence-corrected chi connectivity index (χ4v) is 3.93. The zero-order valence-corrected chi connectivity index (χ0v) is 13.9. The van der Waals surface area contributed by atoms with Crippen LogP contribution in [0.15, 0.2) is 65.6 Å². The van der Waals surface area contributed by atoms with Gasteiger partial charge in [-0.25, -0.2) is 8.42 Å². The van der Waals surface area contributed by atoms with E-state index < -0.39 is 15.9 Å². The normalized spacial score (nSPS) is 11.4. The van der Waals surface area contributed by atoms with Crippen molar-refractivity contribution in [3.05, 3.63) is 71.2 Å². The molecule has 3 rings (SSSR count). The quantitative estimate of drug-likeness (QED) is 0.747. The Bertz CT molecular complexity index is 1050. The molecule has 0 saturated carbocycles. The first-order valence-electron chi connectivity index (χ1n) is 6.98. The van der Waals surface area contributed by atoms with E-state index in [0.29, 0.717) is 15.8 Å². The Morgan fingerprint density at radius 1 is 0.958 bits per heavy atom. The van der Waals surface area contributed by atoms with E-state index in [1.165, 1.54) is 18.2 Å². The number of hydrogen-bond acceptors (Lipinski definition) is 3. The Hall–Kier alpha value is -2.57. The van der Waals surface area contributed by atoms with Crippen LogP contribution in [0.2, 0.25) is 5.02 Å². The van der Waals surface area contributed by atoms with Crippen LogP contribution in [-0.4, -0.2) is 14.3 Å². The summed E-state index contributed by atoms with van der Waals surface area (Å²) in [5.41, 5.74) is 5.69. The topological polar surface area (TPSA) is 89.3 Å². The van der Waals surface area contributed by atoms with E-state index in [-0.39, 0.29) is 16.1 Å². The number of hydrogen-bond donors (Lipinski definition) is 2. The summed E-state index contributed by atoms with van der Waals surface area (Å²) in [7, 11) is -3.86. The van der Waals surface area contributed by atoms with Crippen LogP contribution in [0.5, 0.6) is 0 Å². The van der Waals surface area contributed by atoms with Gasteiger partial charge in [-0.15, -0.1) is 0 Å². The summed E-state index contributed by atoms with van der Waals surface area (Å²) in [6.07, 6.45) is 0. The molecule has 0 radical (unpaired) electrons. The number of fused-ring (bicyclic) bond motifs is 1. The molecule has 0 bridgehead atoms. The summed E-state index contributed by atoms with van der Waals surface area (Å²) >= 11 is 6.13. The molecule has 1 amide bonds. The van der Waals surface area contributed by atoms with Gasteiger partial charge in [-0.05, 0) is 30.3 Å². The molecule has 0 atom stereocenters. The van der Waals surface area contributed by atoms with Gasteiger partial charge in [0.25, 0.3) is 10.0 Å². The molecular formula is C17H13ClN2O3S. The van der Waals surface area contributed by atoms with Gasteiger partial charge in [-0.2, -0.15) is 0 Å². The first-order chi connectivity index (χ1) is 11.4. The highest BCUT2D eigenvalue weighted by atomic mass is 35.5. The molecule has 0 unspecified atom stereocenters. The van der Waals surface area contributed by atoms with Crippen LogP contribution in [0.4, 0.5) is 5.69 Å². The SMILES string of the molecule is NC(=O)c1cccc(NS(=O)(=O)c2cccc3c(Cl)cccc23)c1. The third kappa shape index (κ3) is 3.06. The van der Waals surface area contributed by atoms with E-state index in [9.17, 15) is 13.2 Å². The van der Waals surface area contributed by atoms with E-state index in [4.69, 9.17) is 17.3 Å². The van der Waals surface area contributed by atoms with Crippen molar-refractivity contribution in [2.75, 3.05) is 4.72 Å². The summed E-state index contributed by atoms with van der Waals surface area (Å²) < 4.78 is 27.9. The number of rotatable bonds is 4. The van der Waals surface area contributed by atoms with Crippen LogP contribution in [0, 0.1) is 0 Å². The fraction of sp³-hybridized carbons (Fsp3) is 0. The molecule has 0 saturated heterocycles. The first kappa shape index (κ1) is 16.3. The van der Waals surface area contributed by atoms with Crippen LogP contribution in [0.3, 0.4) is 0 Å². The van der Waals surface area contributed by atoms with Gasteiger partial charge in [-0.1, -0.05) is 41.9 Å². The number of nitrogens with one attached hydrogen (secondary N) is 1. The molecule has 7 heteroatoms. The molecule has 3 aromatic rings. The Morgan fingerprint density at radius 2 is 1.62 bits per heavy atom. The van der Waals surface area contributed by atoms with E-state index in [1.807, 2.05) is 0 Å². The molecule has 0 aliphatic carbocycles. The molecule has 3 aromatic carbocycles. The minimum Gasteiger partial charge on any atom is -0.366 e. The summed E-state index contributed by atoms with van der Waals surface area (Å²) in [5.74, 6) is -0.631. The Kier molecular flexibility index (Phi) is 4.17. The number of benzene rings is 3. The van der Waals surface area contributed by atoms with Gasteiger partial charge in [0, 0.05) is 27.0 Å². The van der Waals surface area contributed by atoms with Crippen LogP contribution in [0.25, 0.3) is 10.8 Å². The van der Waals surface area contributed by atoms with Crippen molar-refractivity contribution in [1.82, 2.24) is 0 Å². The average molecular weight is 361 g/mol. The second-order valence-corrected chi connectivity index (χ2v) is 7.20. The number of halogens is 1. The standard InChI is InChI=1S/C17H13ClN2O3S/c18-15-8-2-7-14-13(15)6-3-9-16(14)24(22,23)20-12-5-1-4-11(10-12)17(19)21/h1-10,20H,(H2,19,21). The molecule has 0 aromatic heterocycles. The predicted molar refractivity (Wildman–Crippen MR) is 94.7 cm³/mol. The lowest BCUT2D eigenvalue weighted by atomic mass is 10.1. The Morgan fingerprint density at radius 3 is 2.38 bits per heavy atom. The van der Waals surface area contributed by atoms with Crippen LogP contribution in [-0.2, 0) is 10.0 Å². The number of nitrogens with two attached hydrogens (primary N) is 1. The number of amides is 1. The van der Waals surface area contributed by atoms with E-state index in [2.05, 4.69) is 4.72 Å². The smallest absolute Gasteiger partial charge is 0.262 e. The van der Waals surface area contributed by atoms with Crippen molar-refractivity contribution < 1.29 is 13.2 Å². The van der Waals surface area contributed by atoms with Gasteiger partial charge in [0.1, 0.15) is 0 Å². The number of carbonyl (C=O) groups is 1. The number of carbonyl (C=O) groups excluding carboxylic acids is 1. The van der Waals surface area contributed by atoms with Crippen molar-refractivity contribution in [1.29, 1.82) is 0 Å². The molecule has 122 valence electrons. The summed E-state index contributed by atoms with van der Waals surface area (Å²) in [6, 6.07) is 16.0. The molecule has 0 aliphatic heterocycles. The average Bonchev–Trinajstić information content (AvgIpc) is 2.54. The van der Waals surface area contributed by atoms with Gasteiger partial charge in [0.2, 0.25) is 5.91 Å². The van der Waals surface area contributed by atoms with Gasteiger partial charge < -0.3 is 5.73 Å². The van der Waals surface area contributed by atoms with Crippen LogP contribution >= 0.6 is 11.6 Å². The minimum absolute atomic E-state index is 0.104. The van der Waals surface area contributed by atoms with Gasteiger partial charge in [0.15, 0.2) is 0 Å². The molecule has 24 heavy (non-hydrogen) atoms. The predicted octanol–water partition coefficient (Wildman–Crippen LogP) is 3.39. The van der Waals surface area contributed by atoms with Crippen molar-refractivity contribution in [2.24, 2.45) is 5.73 Å².